The van der Waals surface area contributed by atoms with Crippen LogP contribution in [0.4, 0.5) is 17.1 Å². The highest BCUT2D eigenvalue weighted by Crippen LogP contribution is 2.37. The van der Waals surface area contributed by atoms with Gasteiger partial charge >= 0.3 is 7.12 Å². The quantitative estimate of drug-likeness (QED) is 0.432. The predicted molar refractivity (Wildman–Crippen MR) is 118 cm³/mol. The molecular formula is C21H24BN3O6. The fourth-order valence-electron chi connectivity index (χ4n) is 3.11. The predicted octanol–water partition coefficient (Wildman–Crippen LogP) is 3.10. The topological polar surface area (TPSA) is 120 Å². The van der Waals surface area contributed by atoms with E-state index in [0.717, 1.165) is 0 Å². The molecule has 0 aliphatic carbocycles. The summed E-state index contributed by atoms with van der Waals surface area (Å²) in [6.07, 6.45) is 0. The van der Waals surface area contributed by atoms with E-state index in [1.807, 2.05) is 27.7 Å². The second-order valence-electron chi connectivity index (χ2n) is 8.30. The number of anilines is 2. The molecule has 2 amide bonds. The van der Waals surface area contributed by atoms with Gasteiger partial charge in [-0.2, -0.15) is 0 Å². The normalized spacial score (nSPS) is 16.6. The monoisotopic (exact) mass is 425 g/mol. The van der Waals surface area contributed by atoms with Gasteiger partial charge in [0.15, 0.2) is 0 Å². The first-order valence-corrected chi connectivity index (χ1v) is 9.73. The maximum Gasteiger partial charge on any atom is 0.494 e. The molecule has 2 aromatic carbocycles. The number of para-hydroxylation sites is 1. The van der Waals surface area contributed by atoms with E-state index in [1.165, 1.54) is 25.1 Å². The summed E-state index contributed by atoms with van der Waals surface area (Å²) in [4.78, 5) is 35.3. The Hall–Kier alpha value is -3.24. The van der Waals surface area contributed by atoms with Crippen LogP contribution in [0.25, 0.3) is 0 Å². The van der Waals surface area contributed by atoms with Crippen molar-refractivity contribution in [2.75, 3.05) is 10.6 Å². The Bertz CT molecular complexity index is 1040. The highest BCUT2D eigenvalue weighted by Gasteiger charge is 2.51. The summed E-state index contributed by atoms with van der Waals surface area (Å²) in [5, 5.41) is 16.7. The Morgan fingerprint density at radius 3 is 2.16 bits per heavy atom. The highest BCUT2D eigenvalue weighted by molar-refractivity contribution is 6.62. The van der Waals surface area contributed by atoms with Gasteiger partial charge in [-0.05, 0) is 51.4 Å². The molecule has 0 unspecified atom stereocenters. The van der Waals surface area contributed by atoms with Gasteiger partial charge in [0.25, 0.3) is 11.6 Å². The number of hydrogen-bond acceptors (Lipinski definition) is 6. The molecule has 162 valence electrons. The Morgan fingerprint density at radius 2 is 1.58 bits per heavy atom. The molecule has 9 nitrogen and oxygen atoms in total. The van der Waals surface area contributed by atoms with Crippen LogP contribution in [0.5, 0.6) is 0 Å². The van der Waals surface area contributed by atoms with Crippen LogP contribution in [0.1, 0.15) is 45.0 Å². The van der Waals surface area contributed by atoms with E-state index in [4.69, 9.17) is 9.31 Å². The molecule has 10 heteroatoms. The van der Waals surface area contributed by atoms with Crippen LogP contribution >= 0.6 is 0 Å². The number of hydrogen-bond donors (Lipinski definition) is 2. The van der Waals surface area contributed by atoms with Crippen LogP contribution < -0.4 is 16.1 Å². The third kappa shape index (κ3) is 4.60. The molecule has 2 N–H and O–H groups in total. The number of nitro groups is 1. The van der Waals surface area contributed by atoms with E-state index in [9.17, 15) is 19.7 Å². The van der Waals surface area contributed by atoms with Gasteiger partial charge in [0.2, 0.25) is 5.91 Å². The smallest absolute Gasteiger partial charge is 0.399 e. The van der Waals surface area contributed by atoms with Crippen molar-refractivity contribution in [3.8, 4) is 0 Å². The van der Waals surface area contributed by atoms with E-state index in [2.05, 4.69) is 10.6 Å². The van der Waals surface area contributed by atoms with Gasteiger partial charge in [-0.25, -0.2) is 0 Å². The van der Waals surface area contributed by atoms with E-state index in [0.29, 0.717) is 11.2 Å². The third-order valence-electron chi connectivity index (χ3n) is 5.47. The fraction of sp³-hybridized carbons (Fsp3) is 0.333. The summed E-state index contributed by atoms with van der Waals surface area (Å²) < 4.78 is 12.0. The second-order valence-corrected chi connectivity index (χ2v) is 8.30. The number of benzene rings is 2. The first kappa shape index (κ1) is 22.5. The molecule has 3 rings (SSSR count). The zero-order valence-electron chi connectivity index (χ0n) is 18.0. The van der Waals surface area contributed by atoms with Crippen molar-refractivity contribution < 1.29 is 23.8 Å². The van der Waals surface area contributed by atoms with Crippen molar-refractivity contribution >= 4 is 41.5 Å². The summed E-state index contributed by atoms with van der Waals surface area (Å²) in [5.74, 6) is -0.937. The first-order valence-electron chi connectivity index (χ1n) is 9.73. The minimum absolute atomic E-state index is 0.000148. The van der Waals surface area contributed by atoms with Gasteiger partial charge in [0.05, 0.1) is 27.4 Å². The van der Waals surface area contributed by atoms with Gasteiger partial charge in [0, 0.05) is 13.0 Å². The summed E-state index contributed by atoms with van der Waals surface area (Å²) >= 11 is 0. The summed E-state index contributed by atoms with van der Waals surface area (Å²) in [6, 6.07) is 10.7. The van der Waals surface area contributed by atoms with Gasteiger partial charge in [-0.15, -0.1) is 0 Å². The van der Waals surface area contributed by atoms with E-state index < -0.39 is 29.2 Å². The van der Waals surface area contributed by atoms with Crippen LogP contribution in [0, 0.1) is 10.1 Å². The van der Waals surface area contributed by atoms with Crippen molar-refractivity contribution in [2.24, 2.45) is 0 Å². The molecule has 2 aromatic rings. The van der Waals surface area contributed by atoms with Crippen LogP contribution in [-0.4, -0.2) is 35.1 Å². The lowest BCUT2D eigenvalue weighted by molar-refractivity contribution is -0.383. The number of carbonyl (C=O) groups is 2. The lowest BCUT2D eigenvalue weighted by atomic mass is 9.78. The molecule has 0 radical (unpaired) electrons. The van der Waals surface area contributed by atoms with Gasteiger partial charge in [-0.3, -0.25) is 19.7 Å². The third-order valence-corrected chi connectivity index (χ3v) is 5.47. The molecule has 0 saturated carbocycles. The van der Waals surface area contributed by atoms with Gasteiger partial charge in [0.1, 0.15) is 5.69 Å². The molecule has 1 fully saturated rings. The van der Waals surface area contributed by atoms with Crippen molar-refractivity contribution in [1.29, 1.82) is 0 Å². The number of carbonyl (C=O) groups excluding carboxylic acids is 2. The molecule has 1 aliphatic rings. The molecule has 31 heavy (non-hydrogen) atoms. The van der Waals surface area contributed by atoms with E-state index >= 15 is 0 Å². The Kier molecular flexibility index (Phi) is 5.88. The molecule has 1 aliphatic heterocycles. The molecule has 0 atom stereocenters. The van der Waals surface area contributed by atoms with E-state index in [-0.39, 0.29) is 22.8 Å². The largest absolute Gasteiger partial charge is 0.494 e. The standard InChI is InChI=1S/C21H24BN3O6/c1-13(26)23-16-9-7-6-8-15(16)19(27)24-17-12-14(10-11-18(17)25(28)29)22-30-20(2,3)21(4,5)31-22/h6-12H,1-5H3,(H,23,26)(H,24,27). The van der Waals surface area contributed by atoms with Gasteiger partial charge < -0.3 is 19.9 Å². The minimum Gasteiger partial charge on any atom is -0.399 e. The zero-order chi connectivity index (χ0) is 23.0. The molecule has 0 aromatic heterocycles. The lowest BCUT2D eigenvalue weighted by Gasteiger charge is -2.32. The number of rotatable bonds is 5. The number of nitro benzene ring substituents is 1. The summed E-state index contributed by atoms with van der Waals surface area (Å²) in [5.41, 5.74) is -0.425. The van der Waals surface area contributed by atoms with E-state index in [1.54, 1.807) is 24.3 Å². The first-order chi connectivity index (χ1) is 14.4. The average Bonchev–Trinajstić information content (AvgIpc) is 2.88. The van der Waals surface area contributed by atoms with Crippen LogP contribution in [0.15, 0.2) is 42.5 Å². The highest BCUT2D eigenvalue weighted by atomic mass is 16.7. The summed E-state index contributed by atoms with van der Waals surface area (Å²) in [6.45, 7) is 8.94. The summed E-state index contributed by atoms with van der Waals surface area (Å²) in [7, 11) is -0.742. The Morgan fingerprint density at radius 1 is 0.968 bits per heavy atom. The number of nitrogens with one attached hydrogen (secondary N) is 2. The Balaban J connectivity index is 1.94. The molecule has 1 saturated heterocycles. The molecular weight excluding hydrogens is 401 g/mol. The maximum atomic E-state index is 12.9. The minimum atomic E-state index is -0.742. The fourth-order valence-corrected chi connectivity index (χ4v) is 3.11. The Labute approximate surface area is 180 Å². The zero-order valence-corrected chi connectivity index (χ0v) is 18.0. The number of nitrogens with zero attached hydrogens (tertiary/aromatic N) is 1. The van der Waals surface area contributed by atoms with Crippen molar-refractivity contribution in [1.82, 2.24) is 0 Å². The van der Waals surface area contributed by atoms with Crippen LogP contribution in [-0.2, 0) is 14.1 Å². The lowest BCUT2D eigenvalue weighted by Crippen LogP contribution is -2.41. The second kappa shape index (κ2) is 8.12. The molecule has 1 heterocycles. The van der Waals surface area contributed by atoms with Crippen LogP contribution in [0.2, 0.25) is 0 Å². The van der Waals surface area contributed by atoms with Crippen molar-refractivity contribution in [3.63, 3.8) is 0 Å². The SMILES string of the molecule is CC(=O)Nc1ccccc1C(=O)Nc1cc(B2OC(C)(C)C(C)(C)O2)ccc1[N+](=O)[O-]. The van der Waals surface area contributed by atoms with Crippen molar-refractivity contribution in [2.45, 2.75) is 45.8 Å². The van der Waals surface area contributed by atoms with Gasteiger partial charge in [-0.1, -0.05) is 18.2 Å². The number of amides is 2. The average molecular weight is 425 g/mol. The molecule has 0 spiro atoms. The maximum absolute atomic E-state index is 12.9. The molecule has 0 bridgehead atoms. The van der Waals surface area contributed by atoms with Crippen LogP contribution in [0.3, 0.4) is 0 Å². The van der Waals surface area contributed by atoms with Crippen molar-refractivity contribution in [3.05, 3.63) is 58.1 Å².